The number of nitriles is 1. The van der Waals surface area contributed by atoms with Crippen molar-refractivity contribution in [1.82, 2.24) is 9.80 Å². The van der Waals surface area contributed by atoms with Crippen LogP contribution in [-0.4, -0.2) is 41.4 Å². The highest BCUT2D eigenvalue weighted by Gasteiger charge is 2.39. The highest BCUT2D eigenvalue weighted by atomic mass is 32.2. The fraction of sp³-hybridized carbons (Fsp3) is 0.500. The average molecular weight is 369 g/mol. The highest BCUT2D eigenvalue weighted by Crippen LogP contribution is 2.43. The molecule has 1 amide bonds. The standard InChI is InChI=1S/C20H23N3O2S/c1-25-16-8-6-14(7-9-16)17-10-19(24)23-12-22(15-4-2-3-5-15)13-26-20(23)18(17)11-21/h6-9,15,17H,2-5,10,12-13H2,1H3/t17-/m1/s1. The molecular formula is C20H23N3O2S. The number of nitrogens with zero attached hydrogens (tertiary/aromatic N) is 3. The summed E-state index contributed by atoms with van der Waals surface area (Å²) in [6.07, 6.45) is 5.37. The lowest BCUT2D eigenvalue weighted by molar-refractivity contribution is -0.132. The maximum atomic E-state index is 12.9. The molecule has 0 radical (unpaired) electrons. The number of carbonyl (C=O) groups is 1. The Morgan fingerprint density at radius 3 is 2.62 bits per heavy atom. The second-order valence-corrected chi connectivity index (χ2v) is 8.06. The zero-order valence-electron chi connectivity index (χ0n) is 15.0. The van der Waals surface area contributed by atoms with Gasteiger partial charge in [-0.1, -0.05) is 36.7 Å². The van der Waals surface area contributed by atoms with Crippen molar-refractivity contribution in [3.63, 3.8) is 0 Å². The molecule has 2 aliphatic heterocycles. The smallest absolute Gasteiger partial charge is 0.229 e. The van der Waals surface area contributed by atoms with Crippen LogP contribution >= 0.6 is 11.8 Å². The Hall–Kier alpha value is -1.97. The molecule has 0 bridgehead atoms. The molecule has 1 aromatic rings. The molecule has 5 nitrogen and oxygen atoms in total. The van der Waals surface area contributed by atoms with Gasteiger partial charge in [0.05, 0.1) is 36.3 Å². The lowest BCUT2D eigenvalue weighted by Gasteiger charge is -2.43. The quantitative estimate of drug-likeness (QED) is 0.814. The van der Waals surface area contributed by atoms with Crippen LogP contribution in [0.1, 0.15) is 43.6 Å². The minimum Gasteiger partial charge on any atom is -0.497 e. The Labute approximate surface area is 158 Å². The van der Waals surface area contributed by atoms with Gasteiger partial charge in [-0.25, -0.2) is 0 Å². The molecule has 1 atom stereocenters. The van der Waals surface area contributed by atoms with Gasteiger partial charge in [0.15, 0.2) is 0 Å². The van der Waals surface area contributed by atoms with Gasteiger partial charge in [-0.3, -0.25) is 14.6 Å². The van der Waals surface area contributed by atoms with Crippen LogP contribution in [0.5, 0.6) is 5.75 Å². The predicted octanol–water partition coefficient (Wildman–Crippen LogP) is 3.65. The van der Waals surface area contributed by atoms with Gasteiger partial charge in [0.2, 0.25) is 5.91 Å². The Bertz CT molecular complexity index is 762. The molecule has 0 aromatic heterocycles. The van der Waals surface area contributed by atoms with Gasteiger partial charge < -0.3 is 4.74 Å². The van der Waals surface area contributed by atoms with Crippen LogP contribution in [0.15, 0.2) is 34.9 Å². The molecule has 2 heterocycles. The van der Waals surface area contributed by atoms with Crippen molar-refractivity contribution in [3.05, 3.63) is 40.4 Å². The van der Waals surface area contributed by atoms with Crippen molar-refractivity contribution in [2.45, 2.75) is 44.1 Å². The highest BCUT2D eigenvalue weighted by molar-refractivity contribution is 8.03. The molecule has 0 unspecified atom stereocenters. The average Bonchev–Trinajstić information content (AvgIpc) is 3.22. The molecule has 1 aromatic carbocycles. The molecule has 1 saturated heterocycles. The minimum absolute atomic E-state index is 0.120. The molecule has 0 N–H and O–H groups in total. The molecule has 2 fully saturated rings. The van der Waals surface area contributed by atoms with E-state index in [2.05, 4.69) is 11.0 Å². The van der Waals surface area contributed by atoms with Gasteiger partial charge in [0, 0.05) is 18.4 Å². The molecule has 6 heteroatoms. The third-order valence-corrected chi connectivity index (χ3v) is 6.85. The molecule has 4 rings (SSSR count). The second kappa shape index (κ2) is 7.34. The summed E-state index contributed by atoms with van der Waals surface area (Å²) < 4.78 is 5.22. The molecule has 0 spiro atoms. The number of amides is 1. The van der Waals surface area contributed by atoms with Crippen molar-refractivity contribution in [2.75, 3.05) is 19.7 Å². The fourth-order valence-electron chi connectivity index (χ4n) is 4.20. The van der Waals surface area contributed by atoms with Crippen LogP contribution in [-0.2, 0) is 4.79 Å². The van der Waals surface area contributed by atoms with Crippen LogP contribution < -0.4 is 4.74 Å². The summed E-state index contributed by atoms with van der Waals surface area (Å²) in [4.78, 5) is 17.1. The van der Waals surface area contributed by atoms with Gasteiger partial charge in [-0.15, -0.1) is 0 Å². The number of hydrogen-bond donors (Lipinski definition) is 0. The van der Waals surface area contributed by atoms with Gasteiger partial charge in [-0.05, 0) is 30.5 Å². The first-order valence-electron chi connectivity index (χ1n) is 9.16. The van der Waals surface area contributed by atoms with Gasteiger partial charge in [-0.2, -0.15) is 5.26 Å². The van der Waals surface area contributed by atoms with Crippen LogP contribution in [0.3, 0.4) is 0 Å². The summed E-state index contributed by atoms with van der Waals surface area (Å²) in [5.74, 6) is 1.61. The largest absolute Gasteiger partial charge is 0.497 e. The molecule has 1 aliphatic carbocycles. The number of methoxy groups -OCH3 is 1. The molecule has 26 heavy (non-hydrogen) atoms. The second-order valence-electron chi connectivity index (χ2n) is 7.12. The number of benzene rings is 1. The van der Waals surface area contributed by atoms with E-state index in [-0.39, 0.29) is 11.8 Å². The summed E-state index contributed by atoms with van der Waals surface area (Å²) in [7, 11) is 1.63. The van der Waals surface area contributed by atoms with E-state index in [4.69, 9.17) is 4.74 Å². The zero-order valence-corrected chi connectivity index (χ0v) is 15.8. The SMILES string of the molecule is COc1ccc([C@H]2CC(=O)N3CN(C4CCCC4)CSC3=C2C#N)cc1. The molecule has 136 valence electrons. The number of allylic oxidation sites excluding steroid dienone is 1. The van der Waals surface area contributed by atoms with Crippen LogP contribution in [0.2, 0.25) is 0 Å². The maximum absolute atomic E-state index is 12.9. The number of hydrogen-bond acceptors (Lipinski definition) is 5. The first-order chi connectivity index (χ1) is 12.7. The summed E-state index contributed by atoms with van der Waals surface area (Å²) >= 11 is 1.65. The van der Waals surface area contributed by atoms with Crippen molar-refractivity contribution >= 4 is 17.7 Å². The lowest BCUT2D eigenvalue weighted by atomic mass is 9.86. The van der Waals surface area contributed by atoms with E-state index in [1.54, 1.807) is 18.9 Å². The number of ether oxygens (including phenoxy) is 1. The Kier molecular flexibility index (Phi) is 4.92. The third-order valence-electron chi connectivity index (χ3n) is 5.67. The minimum atomic E-state index is -0.157. The topological polar surface area (TPSA) is 56.6 Å². The summed E-state index contributed by atoms with van der Waals surface area (Å²) in [5, 5.41) is 10.7. The van der Waals surface area contributed by atoms with E-state index in [9.17, 15) is 10.1 Å². The van der Waals surface area contributed by atoms with E-state index >= 15 is 0 Å². The lowest BCUT2D eigenvalue weighted by Crippen LogP contribution is -2.50. The number of thioether (sulfide) groups is 1. The van der Waals surface area contributed by atoms with E-state index in [1.165, 1.54) is 25.7 Å². The van der Waals surface area contributed by atoms with Crippen LogP contribution in [0, 0.1) is 11.3 Å². The van der Waals surface area contributed by atoms with E-state index in [0.717, 1.165) is 27.8 Å². The Morgan fingerprint density at radius 2 is 1.96 bits per heavy atom. The molecule has 3 aliphatic rings. The molecule has 1 saturated carbocycles. The summed E-state index contributed by atoms with van der Waals surface area (Å²) in [6, 6.07) is 10.7. The van der Waals surface area contributed by atoms with Crippen molar-refractivity contribution < 1.29 is 9.53 Å². The van der Waals surface area contributed by atoms with Gasteiger partial charge >= 0.3 is 0 Å². The normalized spacial score (nSPS) is 24.5. The van der Waals surface area contributed by atoms with Crippen molar-refractivity contribution in [3.8, 4) is 11.8 Å². The third kappa shape index (κ3) is 3.10. The van der Waals surface area contributed by atoms with E-state index in [0.29, 0.717) is 19.1 Å². The monoisotopic (exact) mass is 369 g/mol. The van der Waals surface area contributed by atoms with Crippen molar-refractivity contribution in [1.29, 1.82) is 5.26 Å². The molecular weight excluding hydrogens is 346 g/mol. The summed E-state index contributed by atoms with van der Waals surface area (Å²) in [6.45, 7) is 0.631. The number of fused-ring (bicyclic) bond motifs is 1. The van der Waals surface area contributed by atoms with Crippen molar-refractivity contribution in [2.24, 2.45) is 0 Å². The van der Waals surface area contributed by atoms with E-state index < -0.39 is 0 Å². The first-order valence-corrected chi connectivity index (χ1v) is 10.1. The van der Waals surface area contributed by atoms with Crippen LogP contribution in [0.25, 0.3) is 0 Å². The maximum Gasteiger partial charge on any atom is 0.229 e. The fourth-order valence-corrected chi connectivity index (χ4v) is 5.44. The Morgan fingerprint density at radius 1 is 1.23 bits per heavy atom. The van der Waals surface area contributed by atoms with E-state index in [1.807, 2.05) is 29.2 Å². The zero-order chi connectivity index (χ0) is 18.1. The Balaban J connectivity index is 1.61. The van der Waals surface area contributed by atoms with Gasteiger partial charge in [0.1, 0.15) is 5.75 Å². The number of carbonyl (C=O) groups excluding carboxylic acids is 1. The van der Waals surface area contributed by atoms with Gasteiger partial charge in [0.25, 0.3) is 0 Å². The first kappa shape index (κ1) is 17.4. The predicted molar refractivity (Wildman–Crippen MR) is 101 cm³/mol. The summed E-state index contributed by atoms with van der Waals surface area (Å²) in [5.41, 5.74) is 1.73. The number of rotatable bonds is 3. The van der Waals surface area contributed by atoms with Crippen LogP contribution in [0.4, 0.5) is 0 Å².